The van der Waals surface area contributed by atoms with E-state index in [1.807, 2.05) is 4.90 Å². The number of hydrogen-bond donors (Lipinski definition) is 3. The summed E-state index contributed by atoms with van der Waals surface area (Å²) < 4.78 is 18.4. The number of rotatable bonds is 3. The Hall–Kier alpha value is -3.27. The van der Waals surface area contributed by atoms with Crippen molar-refractivity contribution in [1.29, 1.82) is 0 Å². The third-order valence-corrected chi connectivity index (χ3v) is 4.68. The number of anilines is 4. The van der Waals surface area contributed by atoms with Gasteiger partial charge < -0.3 is 26.0 Å². The van der Waals surface area contributed by atoms with Crippen molar-refractivity contribution < 1.29 is 18.7 Å². The summed E-state index contributed by atoms with van der Waals surface area (Å²) in [7, 11) is 0. The summed E-state index contributed by atoms with van der Waals surface area (Å²) in [6.07, 6.45) is -0.0789. The number of morpholine rings is 1. The Morgan fingerprint density at radius 2 is 1.96 bits per heavy atom. The fourth-order valence-corrected chi connectivity index (χ4v) is 3.28. The zero-order valence-corrected chi connectivity index (χ0v) is 14.9. The second kappa shape index (κ2) is 7.39. The monoisotopic (exact) mass is 386 g/mol. The van der Waals surface area contributed by atoms with Crippen molar-refractivity contribution in [2.24, 2.45) is 0 Å². The molecule has 3 heterocycles. The molecule has 0 bridgehead atoms. The highest BCUT2D eigenvalue weighted by atomic mass is 19.1. The van der Waals surface area contributed by atoms with Crippen LogP contribution in [0.5, 0.6) is 0 Å². The van der Waals surface area contributed by atoms with Crippen LogP contribution in [-0.2, 0) is 14.3 Å². The molecule has 1 atom stereocenters. The van der Waals surface area contributed by atoms with Crippen molar-refractivity contribution >= 4 is 35.1 Å². The number of nitrogen functional groups attached to an aromatic ring is 1. The summed E-state index contributed by atoms with van der Waals surface area (Å²) >= 11 is 0. The van der Waals surface area contributed by atoms with E-state index in [2.05, 4.69) is 20.6 Å². The molecule has 9 nitrogen and oxygen atoms in total. The highest BCUT2D eigenvalue weighted by molar-refractivity contribution is 6.05. The van der Waals surface area contributed by atoms with E-state index >= 15 is 0 Å². The lowest BCUT2D eigenvalue weighted by molar-refractivity contribution is -0.123. The van der Waals surface area contributed by atoms with Crippen molar-refractivity contribution in [2.45, 2.75) is 12.3 Å². The molecule has 1 aromatic heterocycles. The average molecular weight is 386 g/mol. The van der Waals surface area contributed by atoms with Crippen LogP contribution >= 0.6 is 0 Å². The lowest BCUT2D eigenvalue weighted by Crippen LogP contribution is -2.38. The van der Waals surface area contributed by atoms with Crippen molar-refractivity contribution in [3.05, 3.63) is 35.6 Å². The first-order chi connectivity index (χ1) is 13.5. The topological polar surface area (TPSA) is 122 Å². The third-order valence-electron chi connectivity index (χ3n) is 4.68. The van der Waals surface area contributed by atoms with Gasteiger partial charge in [-0.2, -0.15) is 9.97 Å². The Bertz CT molecular complexity index is 914. The maximum Gasteiger partial charge on any atom is 0.232 e. The first kappa shape index (κ1) is 18.1. The van der Waals surface area contributed by atoms with Gasteiger partial charge >= 0.3 is 0 Å². The molecule has 0 aliphatic carbocycles. The minimum absolute atomic E-state index is 0.0789. The zero-order chi connectivity index (χ0) is 19.7. The second-order valence-corrected chi connectivity index (χ2v) is 6.57. The summed E-state index contributed by atoms with van der Waals surface area (Å²) in [6.45, 7) is 2.33. The van der Waals surface area contributed by atoms with Crippen LogP contribution in [0.3, 0.4) is 0 Å². The number of ether oxygens (including phenoxy) is 1. The highest BCUT2D eigenvalue weighted by Crippen LogP contribution is 2.36. The Balaban J connectivity index is 1.63. The molecule has 4 N–H and O–H groups in total. The van der Waals surface area contributed by atoms with E-state index in [4.69, 9.17) is 10.5 Å². The van der Waals surface area contributed by atoms with E-state index in [0.29, 0.717) is 43.5 Å². The molecule has 0 spiro atoms. The predicted octanol–water partition coefficient (Wildman–Crippen LogP) is 1.10. The van der Waals surface area contributed by atoms with Gasteiger partial charge in [0.25, 0.3) is 0 Å². The molecular weight excluding hydrogens is 367 g/mol. The van der Waals surface area contributed by atoms with E-state index < -0.39 is 17.6 Å². The van der Waals surface area contributed by atoms with Crippen LogP contribution in [0.1, 0.15) is 17.9 Å². The SMILES string of the molecule is Nc1nc(N2CCOCC2)nc2c1C(C(=O)Nc1ccc(F)cc1)CC(=O)N2. The van der Waals surface area contributed by atoms with Crippen LogP contribution in [0.15, 0.2) is 24.3 Å². The van der Waals surface area contributed by atoms with Gasteiger partial charge in [0.15, 0.2) is 0 Å². The van der Waals surface area contributed by atoms with Crippen molar-refractivity contribution in [3.63, 3.8) is 0 Å². The van der Waals surface area contributed by atoms with Crippen LogP contribution in [-0.4, -0.2) is 48.1 Å². The van der Waals surface area contributed by atoms with Gasteiger partial charge in [-0.1, -0.05) is 0 Å². The van der Waals surface area contributed by atoms with Gasteiger partial charge in [0.2, 0.25) is 17.8 Å². The number of aromatic nitrogens is 2. The number of nitrogens with two attached hydrogens (primary N) is 1. The quantitative estimate of drug-likeness (QED) is 0.722. The van der Waals surface area contributed by atoms with E-state index in [0.717, 1.165) is 0 Å². The Morgan fingerprint density at radius 1 is 1.25 bits per heavy atom. The molecule has 2 aromatic rings. The standard InChI is InChI=1S/C18H19FN6O3/c19-10-1-3-11(4-2-10)21-17(27)12-9-13(26)22-16-14(12)15(20)23-18(24-16)25-5-7-28-8-6-25/h1-4,12H,5-9H2,(H,21,27)(H3,20,22,23,24,26). The minimum Gasteiger partial charge on any atom is -0.383 e. The zero-order valence-electron chi connectivity index (χ0n) is 14.9. The number of hydrogen-bond acceptors (Lipinski definition) is 7. The van der Waals surface area contributed by atoms with Crippen LogP contribution in [0.2, 0.25) is 0 Å². The predicted molar refractivity (Wildman–Crippen MR) is 100 cm³/mol. The molecule has 1 unspecified atom stereocenters. The molecule has 2 amide bonds. The first-order valence-electron chi connectivity index (χ1n) is 8.87. The number of carbonyl (C=O) groups excluding carboxylic acids is 2. The molecular formula is C18H19FN6O3. The van der Waals surface area contributed by atoms with Gasteiger partial charge in [0.05, 0.1) is 24.7 Å². The van der Waals surface area contributed by atoms with Gasteiger partial charge in [0.1, 0.15) is 17.5 Å². The molecule has 1 fully saturated rings. The van der Waals surface area contributed by atoms with E-state index in [9.17, 15) is 14.0 Å². The molecule has 146 valence electrons. The van der Waals surface area contributed by atoms with Gasteiger partial charge in [-0.05, 0) is 24.3 Å². The number of fused-ring (bicyclic) bond motifs is 1. The normalized spacial score (nSPS) is 19.0. The van der Waals surface area contributed by atoms with Gasteiger partial charge in [-0.15, -0.1) is 0 Å². The third kappa shape index (κ3) is 3.58. The lowest BCUT2D eigenvalue weighted by Gasteiger charge is -2.30. The summed E-state index contributed by atoms with van der Waals surface area (Å²) in [5.74, 6) is -1.24. The molecule has 1 saturated heterocycles. The van der Waals surface area contributed by atoms with Crippen LogP contribution in [0.25, 0.3) is 0 Å². The number of nitrogens with one attached hydrogen (secondary N) is 2. The first-order valence-corrected chi connectivity index (χ1v) is 8.87. The molecule has 0 saturated carbocycles. The van der Waals surface area contributed by atoms with E-state index in [1.165, 1.54) is 24.3 Å². The van der Waals surface area contributed by atoms with Gasteiger partial charge in [-0.25, -0.2) is 4.39 Å². The molecule has 10 heteroatoms. The van der Waals surface area contributed by atoms with Crippen molar-refractivity contribution in [1.82, 2.24) is 9.97 Å². The smallest absolute Gasteiger partial charge is 0.232 e. The fourth-order valence-electron chi connectivity index (χ4n) is 3.28. The fraction of sp³-hybridized carbons (Fsp3) is 0.333. The average Bonchev–Trinajstić information content (AvgIpc) is 2.69. The molecule has 28 heavy (non-hydrogen) atoms. The van der Waals surface area contributed by atoms with Crippen LogP contribution in [0.4, 0.5) is 27.7 Å². The Morgan fingerprint density at radius 3 is 2.68 bits per heavy atom. The highest BCUT2D eigenvalue weighted by Gasteiger charge is 2.35. The maximum atomic E-state index is 13.1. The van der Waals surface area contributed by atoms with Crippen LogP contribution < -0.4 is 21.3 Å². The summed E-state index contributed by atoms with van der Waals surface area (Å²) in [5.41, 5.74) is 6.95. The number of nitrogens with zero attached hydrogens (tertiary/aromatic N) is 3. The molecule has 2 aliphatic heterocycles. The molecule has 1 aromatic carbocycles. The van der Waals surface area contributed by atoms with Crippen molar-refractivity contribution in [3.8, 4) is 0 Å². The maximum absolute atomic E-state index is 13.1. The molecule has 2 aliphatic rings. The lowest BCUT2D eigenvalue weighted by atomic mass is 9.92. The van der Waals surface area contributed by atoms with Crippen molar-refractivity contribution in [2.75, 3.05) is 47.6 Å². The molecule has 0 radical (unpaired) electrons. The van der Waals surface area contributed by atoms with Gasteiger partial charge in [-0.3, -0.25) is 9.59 Å². The van der Waals surface area contributed by atoms with E-state index in [1.54, 1.807) is 0 Å². The number of halogens is 1. The van der Waals surface area contributed by atoms with Crippen LogP contribution in [0, 0.1) is 5.82 Å². The summed E-state index contributed by atoms with van der Waals surface area (Å²) in [4.78, 5) is 35.6. The minimum atomic E-state index is -0.840. The number of benzene rings is 1. The summed E-state index contributed by atoms with van der Waals surface area (Å²) in [5, 5.41) is 5.36. The Labute approximate surface area is 160 Å². The second-order valence-electron chi connectivity index (χ2n) is 6.57. The largest absolute Gasteiger partial charge is 0.383 e. The number of amides is 2. The van der Waals surface area contributed by atoms with E-state index in [-0.39, 0.29) is 24.0 Å². The summed E-state index contributed by atoms with van der Waals surface area (Å²) in [6, 6.07) is 5.36. The molecule has 4 rings (SSSR count). The van der Waals surface area contributed by atoms with Gasteiger partial charge in [0, 0.05) is 25.2 Å². The number of carbonyl (C=O) groups is 2. The Kier molecular flexibility index (Phi) is 4.78.